The zero-order chi connectivity index (χ0) is 23.4. The van der Waals surface area contributed by atoms with Crippen molar-refractivity contribution in [2.75, 3.05) is 11.9 Å². The molecule has 4 aromatic rings. The second kappa shape index (κ2) is 9.69. The third kappa shape index (κ3) is 4.95. The van der Waals surface area contributed by atoms with Gasteiger partial charge in [0, 0.05) is 40.8 Å². The van der Waals surface area contributed by atoms with E-state index < -0.39 is 0 Å². The Morgan fingerprint density at radius 3 is 2.55 bits per heavy atom. The summed E-state index contributed by atoms with van der Waals surface area (Å²) in [6.45, 7) is 4.27. The number of hydrogen-bond acceptors (Lipinski definition) is 2. The van der Waals surface area contributed by atoms with Gasteiger partial charge in [0.15, 0.2) is 0 Å². The topological polar surface area (TPSA) is 74.0 Å². The molecular weight excluding hydrogens is 417 g/mol. The molecular formula is C27H26FN3O2. The van der Waals surface area contributed by atoms with Crippen LogP contribution in [-0.2, 0) is 11.2 Å². The average molecular weight is 444 g/mol. The largest absolute Gasteiger partial charge is 0.354 e. The zero-order valence-corrected chi connectivity index (χ0v) is 18.7. The fourth-order valence-corrected chi connectivity index (χ4v) is 3.94. The Hall–Kier alpha value is -3.93. The van der Waals surface area contributed by atoms with Crippen LogP contribution in [0.5, 0.6) is 0 Å². The summed E-state index contributed by atoms with van der Waals surface area (Å²) in [5, 5.41) is 6.46. The number of hydrogen-bond donors (Lipinski definition) is 3. The maximum Gasteiger partial charge on any atom is 0.251 e. The van der Waals surface area contributed by atoms with Crippen LogP contribution in [0, 0.1) is 12.7 Å². The number of anilines is 1. The lowest BCUT2D eigenvalue weighted by Crippen LogP contribution is -2.23. The van der Waals surface area contributed by atoms with E-state index in [2.05, 4.69) is 15.6 Å². The molecule has 0 fully saturated rings. The van der Waals surface area contributed by atoms with E-state index in [1.54, 1.807) is 18.2 Å². The van der Waals surface area contributed by atoms with Gasteiger partial charge in [0.2, 0.25) is 5.91 Å². The lowest BCUT2D eigenvalue weighted by molar-refractivity contribution is -0.116. The van der Waals surface area contributed by atoms with Crippen LogP contribution in [0.1, 0.15) is 34.8 Å². The number of aromatic amines is 1. The number of carbonyl (C=O) groups excluding carboxylic acids is 2. The fourth-order valence-electron chi connectivity index (χ4n) is 3.94. The Kier molecular flexibility index (Phi) is 6.54. The van der Waals surface area contributed by atoms with Gasteiger partial charge in [-0.2, -0.15) is 0 Å². The number of amides is 2. The van der Waals surface area contributed by atoms with Crippen molar-refractivity contribution < 1.29 is 14.0 Å². The smallest absolute Gasteiger partial charge is 0.251 e. The zero-order valence-electron chi connectivity index (χ0n) is 18.7. The molecule has 0 radical (unpaired) electrons. The van der Waals surface area contributed by atoms with Crippen molar-refractivity contribution in [3.63, 3.8) is 0 Å². The summed E-state index contributed by atoms with van der Waals surface area (Å²) >= 11 is 0. The minimum Gasteiger partial charge on any atom is -0.354 e. The first-order valence-electron chi connectivity index (χ1n) is 11.0. The van der Waals surface area contributed by atoms with Gasteiger partial charge in [0.25, 0.3) is 5.91 Å². The maximum atomic E-state index is 14.0. The first-order valence-corrected chi connectivity index (χ1v) is 11.0. The Balaban J connectivity index is 1.57. The standard InChI is InChI=1S/C27H26FN3O2/c1-3-29-27(33)19-10-9-17(2)24(15-19)30-25(32)14-12-21-22-16-20(28)11-13-23(22)31-26(21)18-7-5-4-6-8-18/h4-11,13,15-16,31H,3,12,14H2,1-2H3,(H,29,33)(H,30,32). The third-order valence-electron chi connectivity index (χ3n) is 5.64. The van der Waals surface area contributed by atoms with E-state index >= 15 is 0 Å². The quantitative estimate of drug-likeness (QED) is 0.348. The Morgan fingerprint density at radius 1 is 1.00 bits per heavy atom. The number of fused-ring (bicyclic) bond motifs is 1. The Labute approximate surface area is 192 Å². The molecule has 0 unspecified atom stereocenters. The molecule has 5 nitrogen and oxygen atoms in total. The summed E-state index contributed by atoms with van der Waals surface area (Å²) in [5.74, 6) is -0.665. The molecule has 168 valence electrons. The fraction of sp³-hybridized carbons (Fsp3) is 0.185. The molecule has 1 aromatic heterocycles. The van der Waals surface area contributed by atoms with Crippen molar-refractivity contribution in [3.05, 3.63) is 89.2 Å². The van der Waals surface area contributed by atoms with Gasteiger partial charge in [0.05, 0.1) is 0 Å². The summed E-state index contributed by atoms with van der Waals surface area (Å²) in [6.07, 6.45) is 0.655. The minimum atomic E-state index is -0.315. The average Bonchev–Trinajstić information content (AvgIpc) is 3.17. The van der Waals surface area contributed by atoms with Gasteiger partial charge in [-0.3, -0.25) is 9.59 Å². The van der Waals surface area contributed by atoms with Gasteiger partial charge >= 0.3 is 0 Å². The number of aryl methyl sites for hydroxylation is 2. The van der Waals surface area contributed by atoms with Crippen molar-refractivity contribution in [2.45, 2.75) is 26.7 Å². The van der Waals surface area contributed by atoms with E-state index in [4.69, 9.17) is 0 Å². The van der Waals surface area contributed by atoms with E-state index in [1.165, 1.54) is 12.1 Å². The summed E-state index contributed by atoms with van der Waals surface area (Å²) in [6, 6.07) is 19.7. The highest BCUT2D eigenvalue weighted by Crippen LogP contribution is 2.32. The first-order chi connectivity index (χ1) is 16.0. The summed E-state index contributed by atoms with van der Waals surface area (Å²) in [4.78, 5) is 28.3. The molecule has 6 heteroatoms. The monoisotopic (exact) mass is 443 g/mol. The third-order valence-corrected chi connectivity index (χ3v) is 5.64. The van der Waals surface area contributed by atoms with E-state index in [1.807, 2.05) is 50.2 Å². The van der Waals surface area contributed by atoms with Gasteiger partial charge < -0.3 is 15.6 Å². The Morgan fingerprint density at radius 2 is 1.79 bits per heavy atom. The number of nitrogens with one attached hydrogen (secondary N) is 3. The summed E-state index contributed by atoms with van der Waals surface area (Å²) in [5.41, 5.74) is 5.58. The number of rotatable bonds is 7. The second-order valence-corrected chi connectivity index (χ2v) is 7.97. The van der Waals surface area contributed by atoms with Crippen molar-refractivity contribution in [1.82, 2.24) is 10.3 Å². The van der Waals surface area contributed by atoms with Crippen LogP contribution in [-0.4, -0.2) is 23.3 Å². The molecule has 0 saturated carbocycles. The molecule has 2 amide bonds. The van der Waals surface area contributed by atoms with Crippen LogP contribution in [0.2, 0.25) is 0 Å². The highest BCUT2D eigenvalue weighted by molar-refractivity contribution is 5.98. The number of carbonyl (C=O) groups is 2. The predicted octanol–water partition coefficient (Wildman–Crippen LogP) is 5.60. The van der Waals surface area contributed by atoms with Crippen LogP contribution in [0.15, 0.2) is 66.7 Å². The molecule has 3 aromatic carbocycles. The highest BCUT2D eigenvalue weighted by Gasteiger charge is 2.16. The molecule has 3 N–H and O–H groups in total. The lowest BCUT2D eigenvalue weighted by Gasteiger charge is -2.11. The van der Waals surface area contributed by atoms with Gasteiger partial charge in [-0.25, -0.2) is 4.39 Å². The van der Waals surface area contributed by atoms with Gasteiger partial charge in [-0.1, -0.05) is 36.4 Å². The molecule has 0 aliphatic heterocycles. The number of benzene rings is 3. The van der Waals surface area contributed by atoms with Crippen molar-refractivity contribution in [1.29, 1.82) is 0 Å². The number of halogens is 1. The van der Waals surface area contributed by atoms with Crippen molar-refractivity contribution >= 4 is 28.4 Å². The normalized spacial score (nSPS) is 10.9. The SMILES string of the molecule is CCNC(=O)c1ccc(C)c(NC(=O)CCc2c(-c3ccccc3)[nH]c3ccc(F)cc23)c1. The molecule has 4 rings (SSSR count). The van der Waals surface area contributed by atoms with Gasteiger partial charge in [-0.05, 0) is 67.3 Å². The predicted molar refractivity (Wildman–Crippen MR) is 130 cm³/mol. The maximum absolute atomic E-state index is 14.0. The molecule has 33 heavy (non-hydrogen) atoms. The van der Waals surface area contributed by atoms with Crippen molar-refractivity contribution in [3.8, 4) is 11.3 Å². The van der Waals surface area contributed by atoms with Crippen LogP contribution >= 0.6 is 0 Å². The van der Waals surface area contributed by atoms with E-state index in [0.717, 1.165) is 33.3 Å². The highest BCUT2D eigenvalue weighted by atomic mass is 19.1. The molecule has 0 spiro atoms. The summed E-state index contributed by atoms with van der Waals surface area (Å²) < 4.78 is 14.0. The molecule has 0 saturated heterocycles. The van der Waals surface area contributed by atoms with Crippen LogP contribution in [0.4, 0.5) is 10.1 Å². The number of aromatic nitrogens is 1. The molecule has 0 aliphatic rings. The first kappa shape index (κ1) is 22.3. The van der Waals surface area contributed by atoms with Gasteiger partial charge in [0.1, 0.15) is 5.82 Å². The van der Waals surface area contributed by atoms with E-state index in [0.29, 0.717) is 24.2 Å². The summed E-state index contributed by atoms with van der Waals surface area (Å²) in [7, 11) is 0. The van der Waals surface area contributed by atoms with Crippen LogP contribution in [0.3, 0.4) is 0 Å². The molecule has 0 aliphatic carbocycles. The molecule has 0 bridgehead atoms. The van der Waals surface area contributed by atoms with Gasteiger partial charge in [-0.15, -0.1) is 0 Å². The lowest BCUT2D eigenvalue weighted by atomic mass is 10.0. The van der Waals surface area contributed by atoms with Crippen molar-refractivity contribution in [2.24, 2.45) is 0 Å². The Bertz CT molecular complexity index is 1310. The van der Waals surface area contributed by atoms with E-state index in [-0.39, 0.29) is 24.1 Å². The van der Waals surface area contributed by atoms with E-state index in [9.17, 15) is 14.0 Å². The minimum absolute atomic E-state index is 0.170. The van der Waals surface area contributed by atoms with Crippen LogP contribution < -0.4 is 10.6 Å². The molecule has 1 heterocycles. The number of H-pyrrole nitrogens is 1. The van der Waals surface area contributed by atoms with Crippen LogP contribution in [0.25, 0.3) is 22.2 Å². The molecule has 0 atom stereocenters. The second-order valence-electron chi connectivity index (χ2n) is 7.97.